The number of carboxylic acids is 1. The lowest BCUT2D eigenvalue weighted by Gasteiger charge is -2.12. The van der Waals surface area contributed by atoms with Gasteiger partial charge in [-0.3, -0.25) is 0 Å². The first-order valence-corrected chi connectivity index (χ1v) is 7.07. The molecule has 0 aliphatic heterocycles. The van der Waals surface area contributed by atoms with Gasteiger partial charge < -0.3 is 9.84 Å². The van der Waals surface area contributed by atoms with Gasteiger partial charge in [0.15, 0.2) is 6.10 Å². The van der Waals surface area contributed by atoms with Gasteiger partial charge in [0.1, 0.15) is 0 Å². The van der Waals surface area contributed by atoms with Crippen LogP contribution < -0.4 is 0 Å². The Morgan fingerprint density at radius 3 is 2.78 bits per heavy atom. The first-order chi connectivity index (χ1) is 8.54. The largest absolute Gasteiger partial charge is 0.479 e. The van der Waals surface area contributed by atoms with Crippen molar-refractivity contribution in [1.82, 2.24) is 0 Å². The van der Waals surface area contributed by atoms with Crippen molar-refractivity contribution < 1.29 is 14.6 Å². The van der Waals surface area contributed by atoms with Gasteiger partial charge in [-0.1, -0.05) is 17.7 Å². The summed E-state index contributed by atoms with van der Waals surface area (Å²) in [4.78, 5) is 12.1. The van der Waals surface area contributed by atoms with E-state index in [9.17, 15) is 4.79 Å². The number of aliphatic carboxylic acids is 1. The molecule has 0 heterocycles. The van der Waals surface area contributed by atoms with Crippen LogP contribution in [0.1, 0.15) is 24.5 Å². The van der Waals surface area contributed by atoms with E-state index in [-0.39, 0.29) is 0 Å². The zero-order valence-corrected chi connectivity index (χ0v) is 11.9. The van der Waals surface area contributed by atoms with Gasteiger partial charge in [0.25, 0.3) is 0 Å². The second kappa shape index (κ2) is 7.44. The van der Waals surface area contributed by atoms with Crippen LogP contribution in [-0.2, 0) is 9.53 Å². The molecule has 0 saturated carbocycles. The first kappa shape index (κ1) is 15.1. The fourth-order valence-electron chi connectivity index (χ4n) is 1.62. The molecule has 1 aromatic rings. The number of benzene rings is 1. The molecule has 4 heteroatoms. The number of carboxylic acid groups (broad SMARTS) is 1. The van der Waals surface area contributed by atoms with Crippen LogP contribution in [0.3, 0.4) is 0 Å². The van der Waals surface area contributed by atoms with E-state index in [0.29, 0.717) is 13.0 Å². The van der Waals surface area contributed by atoms with E-state index in [0.717, 1.165) is 5.75 Å². The average molecular weight is 268 g/mol. The lowest BCUT2D eigenvalue weighted by molar-refractivity contribution is -0.150. The zero-order valence-electron chi connectivity index (χ0n) is 11.1. The summed E-state index contributed by atoms with van der Waals surface area (Å²) in [6.07, 6.45) is -0.158. The number of rotatable bonds is 7. The van der Waals surface area contributed by atoms with Gasteiger partial charge in [-0.15, -0.1) is 11.8 Å². The quantitative estimate of drug-likeness (QED) is 0.771. The molecule has 3 nitrogen and oxygen atoms in total. The van der Waals surface area contributed by atoms with Crippen LogP contribution in [0.4, 0.5) is 0 Å². The highest BCUT2D eigenvalue weighted by molar-refractivity contribution is 7.99. The van der Waals surface area contributed by atoms with Crippen molar-refractivity contribution in [2.45, 2.75) is 38.2 Å². The highest BCUT2D eigenvalue weighted by Crippen LogP contribution is 2.24. The van der Waals surface area contributed by atoms with E-state index >= 15 is 0 Å². The monoisotopic (exact) mass is 268 g/mol. The predicted molar refractivity (Wildman–Crippen MR) is 74.3 cm³/mol. The molecule has 0 aromatic heterocycles. The summed E-state index contributed by atoms with van der Waals surface area (Å²) in [7, 11) is 0. The molecule has 0 aliphatic carbocycles. The summed E-state index contributed by atoms with van der Waals surface area (Å²) >= 11 is 1.69. The van der Waals surface area contributed by atoms with E-state index in [1.807, 2.05) is 6.92 Å². The molecule has 1 N–H and O–H groups in total. The molecule has 1 unspecified atom stereocenters. The maximum absolute atomic E-state index is 10.9. The Morgan fingerprint density at radius 2 is 2.17 bits per heavy atom. The van der Waals surface area contributed by atoms with Crippen LogP contribution in [0.25, 0.3) is 0 Å². The maximum Gasteiger partial charge on any atom is 0.332 e. The fraction of sp³-hybridized carbons (Fsp3) is 0.500. The van der Waals surface area contributed by atoms with Crippen LogP contribution in [0, 0.1) is 13.8 Å². The van der Waals surface area contributed by atoms with E-state index in [1.165, 1.54) is 16.0 Å². The summed E-state index contributed by atoms with van der Waals surface area (Å²) in [6, 6.07) is 6.31. The Hall–Kier alpha value is -1.00. The number of thioether (sulfide) groups is 1. The average Bonchev–Trinajstić information content (AvgIpc) is 2.32. The molecule has 0 aliphatic rings. The van der Waals surface area contributed by atoms with Crippen molar-refractivity contribution in [3.63, 3.8) is 0 Å². The molecule has 18 heavy (non-hydrogen) atoms. The molecule has 0 radical (unpaired) electrons. The molecule has 1 aromatic carbocycles. The first-order valence-electron chi connectivity index (χ1n) is 6.09. The van der Waals surface area contributed by atoms with Crippen molar-refractivity contribution in [2.75, 3.05) is 12.4 Å². The molecule has 1 atom stereocenters. The Bertz CT molecular complexity index is 404. The SMILES string of the molecule is CCOC(CCSc1cc(C)ccc1C)C(=O)O. The summed E-state index contributed by atoms with van der Waals surface area (Å²) in [6.45, 7) is 6.38. The minimum absolute atomic E-state index is 0.436. The summed E-state index contributed by atoms with van der Waals surface area (Å²) in [5, 5.41) is 8.97. The Kier molecular flexibility index (Phi) is 6.22. The number of hydrogen-bond acceptors (Lipinski definition) is 3. The van der Waals surface area contributed by atoms with Crippen LogP contribution >= 0.6 is 11.8 Å². The van der Waals surface area contributed by atoms with E-state index in [2.05, 4.69) is 32.0 Å². The number of carbonyl (C=O) groups is 1. The highest BCUT2D eigenvalue weighted by atomic mass is 32.2. The van der Waals surface area contributed by atoms with Crippen molar-refractivity contribution in [3.8, 4) is 0 Å². The molecular formula is C14H20O3S. The predicted octanol–water partition coefficient (Wildman–Crippen LogP) is 3.28. The zero-order chi connectivity index (χ0) is 13.5. The lowest BCUT2D eigenvalue weighted by atomic mass is 10.2. The van der Waals surface area contributed by atoms with Gasteiger partial charge in [0.2, 0.25) is 0 Å². The van der Waals surface area contributed by atoms with E-state index < -0.39 is 12.1 Å². The van der Waals surface area contributed by atoms with Crippen molar-refractivity contribution >= 4 is 17.7 Å². The van der Waals surface area contributed by atoms with Gasteiger partial charge in [0.05, 0.1) is 0 Å². The molecular weight excluding hydrogens is 248 g/mol. The topological polar surface area (TPSA) is 46.5 Å². The molecule has 0 fully saturated rings. The second-order valence-electron chi connectivity index (χ2n) is 4.19. The number of aryl methyl sites for hydroxylation is 2. The summed E-state index contributed by atoms with van der Waals surface area (Å²) in [5.74, 6) is -0.125. The van der Waals surface area contributed by atoms with Crippen LogP contribution in [0.2, 0.25) is 0 Å². The minimum Gasteiger partial charge on any atom is -0.479 e. The molecule has 0 bridgehead atoms. The molecule has 0 saturated heterocycles. The van der Waals surface area contributed by atoms with Gasteiger partial charge in [-0.25, -0.2) is 4.79 Å². The Balaban J connectivity index is 2.49. The van der Waals surface area contributed by atoms with Crippen molar-refractivity contribution in [2.24, 2.45) is 0 Å². The second-order valence-corrected chi connectivity index (χ2v) is 5.33. The molecule has 0 amide bonds. The number of hydrogen-bond donors (Lipinski definition) is 1. The standard InChI is InChI=1S/C14H20O3S/c1-4-17-12(14(15)16)7-8-18-13-9-10(2)5-6-11(13)3/h5-6,9,12H,4,7-8H2,1-3H3,(H,15,16). The van der Waals surface area contributed by atoms with Crippen LogP contribution in [0.15, 0.2) is 23.1 Å². The smallest absolute Gasteiger partial charge is 0.332 e. The van der Waals surface area contributed by atoms with E-state index in [4.69, 9.17) is 9.84 Å². The lowest BCUT2D eigenvalue weighted by Crippen LogP contribution is -2.24. The van der Waals surface area contributed by atoms with Gasteiger partial charge in [-0.05, 0) is 38.8 Å². The third-order valence-corrected chi connectivity index (χ3v) is 3.82. The fourth-order valence-corrected chi connectivity index (χ4v) is 2.73. The van der Waals surface area contributed by atoms with Crippen molar-refractivity contribution in [1.29, 1.82) is 0 Å². The molecule has 100 valence electrons. The third kappa shape index (κ3) is 4.70. The normalized spacial score (nSPS) is 12.4. The summed E-state index contributed by atoms with van der Waals surface area (Å²) < 4.78 is 5.18. The molecule has 0 spiro atoms. The van der Waals surface area contributed by atoms with Crippen LogP contribution in [0.5, 0.6) is 0 Å². The number of ether oxygens (including phenoxy) is 1. The summed E-state index contributed by atoms with van der Waals surface area (Å²) in [5.41, 5.74) is 2.46. The minimum atomic E-state index is -0.876. The third-order valence-electron chi connectivity index (χ3n) is 2.62. The highest BCUT2D eigenvalue weighted by Gasteiger charge is 2.16. The van der Waals surface area contributed by atoms with Crippen LogP contribution in [-0.4, -0.2) is 29.5 Å². The van der Waals surface area contributed by atoms with Gasteiger partial charge in [-0.2, -0.15) is 0 Å². The van der Waals surface area contributed by atoms with Gasteiger partial charge in [0, 0.05) is 17.3 Å². The van der Waals surface area contributed by atoms with Crippen molar-refractivity contribution in [3.05, 3.63) is 29.3 Å². The van der Waals surface area contributed by atoms with Gasteiger partial charge >= 0.3 is 5.97 Å². The Morgan fingerprint density at radius 1 is 1.44 bits per heavy atom. The maximum atomic E-state index is 10.9. The molecule has 1 rings (SSSR count). The van der Waals surface area contributed by atoms with E-state index in [1.54, 1.807) is 11.8 Å². The Labute approximate surface area is 113 Å².